The molecular weight excluding hydrogens is 260 g/mol. The maximum atomic E-state index is 5.96. The van der Waals surface area contributed by atoms with Crippen molar-refractivity contribution in [3.63, 3.8) is 0 Å². The van der Waals surface area contributed by atoms with Crippen molar-refractivity contribution < 1.29 is 4.42 Å². The molecule has 0 saturated carbocycles. The highest BCUT2D eigenvalue weighted by atomic mass is 16.3. The van der Waals surface area contributed by atoms with Crippen molar-refractivity contribution in [2.45, 2.75) is 13.3 Å². The first kappa shape index (κ1) is 12.1. The van der Waals surface area contributed by atoms with Gasteiger partial charge in [0, 0.05) is 28.7 Å². The lowest BCUT2D eigenvalue weighted by atomic mass is 10.0. The second-order valence-electron chi connectivity index (χ2n) is 5.04. The third-order valence-corrected chi connectivity index (χ3v) is 3.78. The van der Waals surface area contributed by atoms with Gasteiger partial charge in [0.25, 0.3) is 0 Å². The Balaban J connectivity index is 2.04. The predicted molar refractivity (Wildman–Crippen MR) is 84.1 cm³/mol. The van der Waals surface area contributed by atoms with E-state index < -0.39 is 0 Å². The number of pyridine rings is 2. The fourth-order valence-electron chi connectivity index (χ4n) is 2.68. The van der Waals surface area contributed by atoms with Gasteiger partial charge in [-0.25, -0.2) is 4.98 Å². The van der Waals surface area contributed by atoms with Crippen molar-refractivity contribution in [2.24, 2.45) is 0 Å². The summed E-state index contributed by atoms with van der Waals surface area (Å²) in [4.78, 5) is 8.80. The maximum Gasteiger partial charge on any atom is 0.227 e. The molecule has 0 spiro atoms. The van der Waals surface area contributed by atoms with E-state index in [-0.39, 0.29) is 0 Å². The van der Waals surface area contributed by atoms with Crippen LogP contribution in [0.1, 0.15) is 12.5 Å². The molecule has 0 saturated heterocycles. The molecule has 0 aliphatic heterocycles. The molecule has 0 unspecified atom stereocenters. The lowest BCUT2D eigenvalue weighted by Gasteiger charge is -2.03. The number of nitrogens with zero attached hydrogens (tertiary/aromatic N) is 2. The standard InChI is InChI=1S/C18H14N2O/c1-2-12-8-10-19-16(11-12)15-6-3-5-13-14-7-4-9-20-18(14)21-17(13)15/h3-11H,2H2,1H3. The van der Waals surface area contributed by atoms with Crippen LogP contribution in [0.4, 0.5) is 0 Å². The number of furan rings is 1. The topological polar surface area (TPSA) is 38.9 Å². The maximum absolute atomic E-state index is 5.96. The highest BCUT2D eigenvalue weighted by Gasteiger charge is 2.13. The van der Waals surface area contributed by atoms with E-state index in [1.807, 2.05) is 36.5 Å². The quantitative estimate of drug-likeness (QED) is 0.536. The van der Waals surface area contributed by atoms with E-state index in [0.29, 0.717) is 5.71 Å². The molecule has 1 aromatic carbocycles. The van der Waals surface area contributed by atoms with Gasteiger partial charge < -0.3 is 4.42 Å². The molecule has 21 heavy (non-hydrogen) atoms. The van der Waals surface area contributed by atoms with E-state index in [2.05, 4.69) is 29.0 Å². The Kier molecular flexibility index (Phi) is 2.71. The van der Waals surface area contributed by atoms with Gasteiger partial charge in [-0.2, -0.15) is 0 Å². The van der Waals surface area contributed by atoms with Crippen LogP contribution in [0.15, 0.2) is 59.3 Å². The SMILES string of the molecule is CCc1ccnc(-c2cccc3c2oc2ncccc23)c1. The summed E-state index contributed by atoms with van der Waals surface area (Å²) in [6, 6.07) is 14.3. The third kappa shape index (κ3) is 1.89. The summed E-state index contributed by atoms with van der Waals surface area (Å²) in [5, 5.41) is 2.13. The van der Waals surface area contributed by atoms with Crippen molar-refractivity contribution in [1.82, 2.24) is 9.97 Å². The van der Waals surface area contributed by atoms with Gasteiger partial charge in [-0.1, -0.05) is 19.1 Å². The number of para-hydroxylation sites is 1. The zero-order valence-corrected chi connectivity index (χ0v) is 11.7. The van der Waals surface area contributed by atoms with Gasteiger partial charge in [-0.05, 0) is 42.3 Å². The van der Waals surface area contributed by atoms with Crippen molar-refractivity contribution in [1.29, 1.82) is 0 Å². The number of benzene rings is 1. The molecule has 0 aliphatic rings. The van der Waals surface area contributed by atoms with Crippen LogP contribution in [0.25, 0.3) is 33.3 Å². The van der Waals surface area contributed by atoms with Crippen LogP contribution in [0.5, 0.6) is 0 Å². The van der Waals surface area contributed by atoms with Crippen LogP contribution in [-0.2, 0) is 6.42 Å². The van der Waals surface area contributed by atoms with Crippen molar-refractivity contribution in [3.8, 4) is 11.3 Å². The molecule has 0 aliphatic carbocycles. The summed E-state index contributed by atoms with van der Waals surface area (Å²) in [5.74, 6) is 0. The first-order chi connectivity index (χ1) is 10.4. The zero-order valence-electron chi connectivity index (χ0n) is 11.7. The Hall–Kier alpha value is -2.68. The third-order valence-electron chi connectivity index (χ3n) is 3.78. The largest absolute Gasteiger partial charge is 0.437 e. The van der Waals surface area contributed by atoms with Gasteiger partial charge >= 0.3 is 0 Å². The molecule has 3 heteroatoms. The normalized spacial score (nSPS) is 11.3. The van der Waals surface area contributed by atoms with Gasteiger partial charge in [0.15, 0.2) is 0 Å². The lowest BCUT2D eigenvalue weighted by Crippen LogP contribution is -1.87. The number of hydrogen-bond donors (Lipinski definition) is 0. The van der Waals surface area contributed by atoms with E-state index in [1.165, 1.54) is 5.56 Å². The monoisotopic (exact) mass is 274 g/mol. The van der Waals surface area contributed by atoms with Crippen molar-refractivity contribution in [2.75, 3.05) is 0 Å². The van der Waals surface area contributed by atoms with Crippen LogP contribution < -0.4 is 0 Å². The average molecular weight is 274 g/mol. The van der Waals surface area contributed by atoms with Crippen LogP contribution >= 0.6 is 0 Å². The van der Waals surface area contributed by atoms with E-state index in [9.17, 15) is 0 Å². The van der Waals surface area contributed by atoms with Crippen molar-refractivity contribution in [3.05, 3.63) is 60.4 Å². The van der Waals surface area contributed by atoms with Gasteiger partial charge in [0.1, 0.15) is 5.58 Å². The Bertz CT molecular complexity index is 940. The molecule has 3 aromatic heterocycles. The van der Waals surface area contributed by atoms with Crippen LogP contribution in [0.2, 0.25) is 0 Å². The minimum Gasteiger partial charge on any atom is -0.437 e. The van der Waals surface area contributed by atoms with E-state index in [4.69, 9.17) is 4.42 Å². The molecule has 0 N–H and O–H groups in total. The molecule has 0 bridgehead atoms. The Labute approximate surface area is 122 Å². The lowest BCUT2D eigenvalue weighted by molar-refractivity contribution is 0.655. The Morgan fingerprint density at radius 1 is 0.952 bits per heavy atom. The molecule has 0 fully saturated rings. The van der Waals surface area contributed by atoms with E-state index >= 15 is 0 Å². The molecule has 3 nitrogen and oxygen atoms in total. The average Bonchev–Trinajstić information content (AvgIpc) is 2.93. The zero-order chi connectivity index (χ0) is 14.2. The fourth-order valence-corrected chi connectivity index (χ4v) is 2.68. The minimum atomic E-state index is 0.673. The molecular formula is C18H14N2O. The molecule has 0 amide bonds. The number of fused-ring (bicyclic) bond motifs is 3. The minimum absolute atomic E-state index is 0.673. The summed E-state index contributed by atoms with van der Waals surface area (Å²) in [5.41, 5.74) is 4.75. The molecule has 4 rings (SSSR count). The van der Waals surface area contributed by atoms with Gasteiger partial charge in [-0.3, -0.25) is 4.98 Å². The van der Waals surface area contributed by atoms with Gasteiger partial charge in [0.2, 0.25) is 5.71 Å². The Morgan fingerprint density at radius 2 is 1.86 bits per heavy atom. The molecule has 3 heterocycles. The van der Waals surface area contributed by atoms with E-state index in [1.54, 1.807) is 6.20 Å². The predicted octanol–water partition coefficient (Wildman–Crippen LogP) is 4.61. The number of rotatable bonds is 2. The number of hydrogen-bond acceptors (Lipinski definition) is 3. The summed E-state index contributed by atoms with van der Waals surface area (Å²) in [6.45, 7) is 2.14. The first-order valence-corrected chi connectivity index (χ1v) is 7.08. The van der Waals surface area contributed by atoms with Gasteiger partial charge in [0.05, 0.1) is 5.69 Å². The number of aromatic nitrogens is 2. The summed E-state index contributed by atoms with van der Waals surface area (Å²) in [6.07, 6.45) is 4.60. The fraction of sp³-hybridized carbons (Fsp3) is 0.111. The number of aryl methyl sites for hydroxylation is 1. The van der Waals surface area contributed by atoms with E-state index in [0.717, 1.165) is 34.0 Å². The molecule has 0 radical (unpaired) electrons. The highest BCUT2D eigenvalue weighted by Crippen LogP contribution is 2.34. The highest BCUT2D eigenvalue weighted by molar-refractivity contribution is 6.08. The summed E-state index contributed by atoms with van der Waals surface area (Å²) in [7, 11) is 0. The van der Waals surface area contributed by atoms with Crippen LogP contribution in [0.3, 0.4) is 0 Å². The summed E-state index contributed by atoms with van der Waals surface area (Å²) >= 11 is 0. The summed E-state index contributed by atoms with van der Waals surface area (Å²) < 4.78 is 5.96. The van der Waals surface area contributed by atoms with Crippen LogP contribution in [-0.4, -0.2) is 9.97 Å². The Morgan fingerprint density at radius 3 is 2.76 bits per heavy atom. The van der Waals surface area contributed by atoms with Crippen molar-refractivity contribution >= 4 is 22.1 Å². The van der Waals surface area contributed by atoms with Crippen LogP contribution in [0, 0.1) is 0 Å². The first-order valence-electron chi connectivity index (χ1n) is 7.08. The second kappa shape index (κ2) is 4.70. The smallest absolute Gasteiger partial charge is 0.227 e. The molecule has 4 aromatic rings. The second-order valence-corrected chi connectivity index (χ2v) is 5.04. The molecule has 0 atom stereocenters. The molecule has 102 valence electrons. The van der Waals surface area contributed by atoms with Gasteiger partial charge in [-0.15, -0.1) is 0 Å².